The summed E-state index contributed by atoms with van der Waals surface area (Å²) < 4.78 is 16.7. The second-order valence-electron chi connectivity index (χ2n) is 5.57. The molecule has 0 saturated heterocycles. The van der Waals surface area contributed by atoms with Crippen molar-refractivity contribution in [1.29, 1.82) is 0 Å². The highest BCUT2D eigenvalue weighted by Crippen LogP contribution is 2.44. The van der Waals surface area contributed by atoms with E-state index in [9.17, 15) is 4.79 Å². The van der Waals surface area contributed by atoms with Gasteiger partial charge in [-0.15, -0.1) is 0 Å². The molecule has 0 radical (unpaired) electrons. The zero-order valence-corrected chi connectivity index (χ0v) is 12.8. The van der Waals surface area contributed by atoms with Gasteiger partial charge in [0.05, 0.1) is 31.6 Å². The summed E-state index contributed by atoms with van der Waals surface area (Å²) in [5.74, 6) is 1.97. The molecule has 2 aromatic carbocycles. The van der Waals surface area contributed by atoms with E-state index in [4.69, 9.17) is 14.2 Å². The van der Waals surface area contributed by atoms with Gasteiger partial charge in [0.15, 0.2) is 0 Å². The number of carbonyl (C=O) groups is 1. The fourth-order valence-electron chi connectivity index (χ4n) is 3.13. The molecule has 4 rings (SSSR count). The van der Waals surface area contributed by atoms with Crippen LogP contribution < -0.4 is 19.5 Å². The van der Waals surface area contributed by atoms with E-state index in [2.05, 4.69) is 5.32 Å². The number of rotatable bonds is 3. The van der Waals surface area contributed by atoms with Gasteiger partial charge in [0.1, 0.15) is 17.2 Å². The van der Waals surface area contributed by atoms with Crippen molar-refractivity contribution >= 4 is 11.6 Å². The van der Waals surface area contributed by atoms with Crippen molar-refractivity contribution in [3.05, 3.63) is 47.0 Å². The maximum Gasteiger partial charge on any atom is 0.259 e. The normalized spacial score (nSPS) is 14.5. The molecule has 1 amide bonds. The Morgan fingerprint density at radius 3 is 2.87 bits per heavy atom. The van der Waals surface area contributed by atoms with Crippen LogP contribution in [-0.4, -0.2) is 26.2 Å². The van der Waals surface area contributed by atoms with Crippen LogP contribution in [0.15, 0.2) is 30.3 Å². The predicted molar refractivity (Wildman–Crippen MR) is 85.8 cm³/mol. The number of ether oxygens (including phenoxy) is 3. The van der Waals surface area contributed by atoms with Gasteiger partial charge in [0, 0.05) is 24.0 Å². The summed E-state index contributed by atoms with van der Waals surface area (Å²) in [6.07, 6.45) is 1.61. The molecule has 0 unspecified atom stereocenters. The third-order valence-electron chi connectivity index (χ3n) is 4.24. The lowest BCUT2D eigenvalue weighted by Gasteiger charge is -2.15. The molecule has 2 aliphatic rings. The highest BCUT2D eigenvalue weighted by atomic mass is 16.5. The standard InChI is InChI=1S/C18H17NO4/c1-21-14-5-3-2-4-13(14)18(20)19-16-12-7-9-22-15(12)10-11-6-8-23-17(11)16/h2-5,10H,6-9H2,1H3,(H,19,20). The number of anilines is 1. The number of methoxy groups -OCH3 is 1. The van der Waals surface area contributed by atoms with Gasteiger partial charge >= 0.3 is 0 Å². The van der Waals surface area contributed by atoms with Crippen LogP contribution in [0.3, 0.4) is 0 Å². The van der Waals surface area contributed by atoms with Crippen LogP contribution in [0.4, 0.5) is 5.69 Å². The van der Waals surface area contributed by atoms with Crippen LogP contribution in [0.25, 0.3) is 0 Å². The average molecular weight is 311 g/mol. The molecule has 23 heavy (non-hydrogen) atoms. The Morgan fingerprint density at radius 1 is 1.17 bits per heavy atom. The molecule has 0 atom stereocenters. The first-order valence-corrected chi connectivity index (χ1v) is 7.66. The van der Waals surface area contributed by atoms with Gasteiger partial charge in [0.2, 0.25) is 0 Å². The zero-order valence-electron chi connectivity index (χ0n) is 12.8. The van der Waals surface area contributed by atoms with Crippen molar-refractivity contribution in [3.63, 3.8) is 0 Å². The Bertz CT molecular complexity index is 753. The summed E-state index contributed by atoms with van der Waals surface area (Å²) in [6.45, 7) is 1.27. The van der Waals surface area contributed by atoms with Crippen LogP contribution in [0.2, 0.25) is 0 Å². The maximum absolute atomic E-state index is 12.7. The molecular weight excluding hydrogens is 294 g/mol. The van der Waals surface area contributed by atoms with Crippen molar-refractivity contribution in [3.8, 4) is 17.2 Å². The number of hydrogen-bond donors (Lipinski definition) is 1. The number of fused-ring (bicyclic) bond motifs is 2. The van der Waals surface area contributed by atoms with Crippen LogP contribution in [0, 0.1) is 0 Å². The Labute approximate surface area is 134 Å². The van der Waals surface area contributed by atoms with Crippen LogP contribution >= 0.6 is 0 Å². The predicted octanol–water partition coefficient (Wildman–Crippen LogP) is 2.82. The Hall–Kier alpha value is -2.69. The molecule has 0 bridgehead atoms. The van der Waals surface area contributed by atoms with Crippen LogP contribution in [0.5, 0.6) is 17.2 Å². The smallest absolute Gasteiger partial charge is 0.259 e. The topological polar surface area (TPSA) is 56.8 Å². The largest absolute Gasteiger partial charge is 0.496 e. The summed E-state index contributed by atoms with van der Waals surface area (Å²) in [7, 11) is 1.56. The van der Waals surface area contributed by atoms with Gasteiger partial charge in [-0.3, -0.25) is 4.79 Å². The summed E-state index contributed by atoms with van der Waals surface area (Å²) in [5.41, 5.74) is 3.33. The van der Waals surface area contributed by atoms with Gasteiger partial charge in [0.25, 0.3) is 5.91 Å². The van der Waals surface area contributed by atoms with E-state index in [0.29, 0.717) is 24.5 Å². The Balaban J connectivity index is 1.73. The summed E-state index contributed by atoms with van der Waals surface area (Å²) in [5, 5.41) is 3.01. The summed E-state index contributed by atoms with van der Waals surface area (Å²) >= 11 is 0. The molecule has 2 aliphatic heterocycles. The van der Waals surface area contributed by atoms with E-state index in [0.717, 1.165) is 41.2 Å². The van der Waals surface area contributed by atoms with Crippen LogP contribution in [-0.2, 0) is 12.8 Å². The molecule has 2 aromatic rings. The first-order valence-electron chi connectivity index (χ1n) is 7.66. The molecule has 0 fully saturated rings. The molecule has 0 aromatic heterocycles. The number of carbonyl (C=O) groups excluding carboxylic acids is 1. The van der Waals surface area contributed by atoms with E-state index in [1.165, 1.54) is 0 Å². The lowest BCUT2D eigenvalue weighted by Crippen LogP contribution is -2.15. The number of para-hydroxylation sites is 1. The van der Waals surface area contributed by atoms with E-state index >= 15 is 0 Å². The highest BCUT2D eigenvalue weighted by molar-refractivity contribution is 6.07. The van der Waals surface area contributed by atoms with Gasteiger partial charge < -0.3 is 19.5 Å². The lowest BCUT2D eigenvalue weighted by atomic mass is 10.0. The molecule has 0 aliphatic carbocycles. The average Bonchev–Trinajstić information content (AvgIpc) is 3.23. The summed E-state index contributed by atoms with van der Waals surface area (Å²) in [6, 6.07) is 9.20. The van der Waals surface area contributed by atoms with Gasteiger partial charge in [-0.1, -0.05) is 12.1 Å². The lowest BCUT2D eigenvalue weighted by molar-refractivity contribution is 0.102. The first-order chi connectivity index (χ1) is 11.3. The molecular formula is C18H17NO4. The second kappa shape index (κ2) is 5.50. The zero-order chi connectivity index (χ0) is 15.8. The molecule has 5 heteroatoms. The van der Waals surface area contributed by atoms with Gasteiger partial charge in [-0.05, 0) is 18.2 Å². The van der Waals surface area contributed by atoms with E-state index < -0.39 is 0 Å². The monoisotopic (exact) mass is 311 g/mol. The maximum atomic E-state index is 12.7. The minimum Gasteiger partial charge on any atom is -0.496 e. The SMILES string of the molecule is COc1ccccc1C(=O)Nc1c2c(cc3c1OCC3)OCC2. The molecule has 5 nitrogen and oxygen atoms in total. The Kier molecular flexibility index (Phi) is 3.33. The minimum atomic E-state index is -0.208. The van der Waals surface area contributed by atoms with E-state index in [-0.39, 0.29) is 5.91 Å². The van der Waals surface area contributed by atoms with E-state index in [1.54, 1.807) is 19.2 Å². The number of amides is 1. The third kappa shape index (κ3) is 2.29. The number of benzene rings is 2. The second-order valence-corrected chi connectivity index (χ2v) is 5.57. The van der Waals surface area contributed by atoms with Crippen molar-refractivity contribution in [2.45, 2.75) is 12.8 Å². The number of hydrogen-bond acceptors (Lipinski definition) is 4. The van der Waals surface area contributed by atoms with Crippen molar-refractivity contribution in [2.24, 2.45) is 0 Å². The summed E-state index contributed by atoms with van der Waals surface area (Å²) in [4.78, 5) is 12.7. The highest BCUT2D eigenvalue weighted by Gasteiger charge is 2.28. The van der Waals surface area contributed by atoms with Gasteiger partial charge in [-0.2, -0.15) is 0 Å². The van der Waals surface area contributed by atoms with Crippen molar-refractivity contribution in [1.82, 2.24) is 0 Å². The van der Waals surface area contributed by atoms with Crippen molar-refractivity contribution in [2.75, 3.05) is 25.6 Å². The fraction of sp³-hybridized carbons (Fsp3) is 0.278. The molecule has 0 spiro atoms. The molecule has 2 heterocycles. The van der Waals surface area contributed by atoms with Crippen LogP contribution in [0.1, 0.15) is 21.5 Å². The molecule has 1 N–H and O–H groups in total. The number of nitrogens with one attached hydrogen (secondary N) is 1. The fourth-order valence-corrected chi connectivity index (χ4v) is 3.13. The molecule has 118 valence electrons. The minimum absolute atomic E-state index is 0.208. The molecule has 0 saturated carbocycles. The van der Waals surface area contributed by atoms with E-state index in [1.807, 2.05) is 18.2 Å². The first kappa shape index (κ1) is 13.9. The Morgan fingerprint density at radius 2 is 2.00 bits per heavy atom. The quantitative estimate of drug-likeness (QED) is 0.947. The van der Waals surface area contributed by atoms with Gasteiger partial charge in [-0.25, -0.2) is 0 Å². The third-order valence-corrected chi connectivity index (χ3v) is 4.24. The van der Waals surface area contributed by atoms with Crippen molar-refractivity contribution < 1.29 is 19.0 Å².